The highest BCUT2D eigenvalue weighted by atomic mass is 79.9. The van der Waals surface area contributed by atoms with Crippen LogP contribution < -0.4 is 0 Å². The normalized spacial score (nSPS) is 17.4. The number of hydrogen-bond acceptors (Lipinski definition) is 1. The van der Waals surface area contributed by atoms with E-state index in [1.165, 1.54) is 12.5 Å². The smallest absolute Gasteiger partial charge is 0.222 e. The van der Waals surface area contributed by atoms with Gasteiger partial charge < -0.3 is 4.90 Å². The van der Waals surface area contributed by atoms with E-state index in [4.69, 9.17) is 0 Å². The monoisotopic (exact) mass is 313 g/mol. The lowest BCUT2D eigenvalue weighted by atomic mass is 10.1. The topological polar surface area (TPSA) is 20.3 Å². The molecule has 1 amide bonds. The van der Waals surface area contributed by atoms with E-state index in [1.54, 1.807) is 12.1 Å². The van der Waals surface area contributed by atoms with Crippen LogP contribution >= 0.6 is 15.9 Å². The molecule has 0 atom stereocenters. The molecular formula is C14H17BrFNO. The Morgan fingerprint density at radius 2 is 2.00 bits per heavy atom. The van der Waals surface area contributed by atoms with E-state index >= 15 is 0 Å². The molecule has 18 heavy (non-hydrogen) atoms. The van der Waals surface area contributed by atoms with Crippen molar-refractivity contribution in [3.05, 3.63) is 34.1 Å². The van der Waals surface area contributed by atoms with Crippen LogP contribution in [0.2, 0.25) is 0 Å². The second-order valence-corrected chi connectivity index (χ2v) is 5.58. The lowest BCUT2D eigenvalue weighted by molar-refractivity contribution is -0.132. The number of halogens is 2. The number of benzene rings is 1. The lowest BCUT2D eigenvalue weighted by Crippen LogP contribution is -2.32. The molecule has 1 saturated heterocycles. The van der Waals surface area contributed by atoms with Gasteiger partial charge in [0.15, 0.2) is 0 Å². The van der Waals surface area contributed by atoms with Gasteiger partial charge in [0.2, 0.25) is 5.91 Å². The van der Waals surface area contributed by atoms with Crippen LogP contribution in [0.3, 0.4) is 0 Å². The van der Waals surface area contributed by atoms with E-state index < -0.39 is 0 Å². The predicted molar refractivity (Wildman–Crippen MR) is 72.6 cm³/mol. The highest BCUT2D eigenvalue weighted by Crippen LogP contribution is 2.19. The summed E-state index contributed by atoms with van der Waals surface area (Å²) in [6.07, 6.45) is 5.04. The van der Waals surface area contributed by atoms with Crippen LogP contribution in [-0.2, 0) is 11.3 Å². The molecule has 0 N–H and O–H groups in total. The number of rotatable bonds is 2. The molecule has 0 radical (unpaired) electrons. The molecule has 2 nitrogen and oxygen atoms in total. The van der Waals surface area contributed by atoms with E-state index in [1.807, 2.05) is 4.90 Å². The summed E-state index contributed by atoms with van der Waals surface area (Å²) >= 11 is 3.18. The van der Waals surface area contributed by atoms with Gasteiger partial charge in [-0.3, -0.25) is 4.79 Å². The maximum atomic E-state index is 13.1. The summed E-state index contributed by atoms with van der Waals surface area (Å²) in [4.78, 5) is 13.9. The first-order chi connectivity index (χ1) is 8.66. The van der Waals surface area contributed by atoms with E-state index in [0.717, 1.165) is 31.4 Å². The zero-order chi connectivity index (χ0) is 13.0. The van der Waals surface area contributed by atoms with Gasteiger partial charge in [-0.05, 0) is 46.5 Å². The largest absolute Gasteiger partial charge is 0.338 e. The number of amides is 1. The molecular weight excluding hydrogens is 297 g/mol. The zero-order valence-corrected chi connectivity index (χ0v) is 11.9. The third-order valence-electron chi connectivity index (χ3n) is 3.28. The Bertz CT molecular complexity index is 436. The summed E-state index contributed by atoms with van der Waals surface area (Å²) in [5.74, 6) is -0.0482. The van der Waals surface area contributed by atoms with Crippen molar-refractivity contribution in [3.8, 4) is 0 Å². The minimum absolute atomic E-state index is 0.218. The molecule has 4 heteroatoms. The van der Waals surface area contributed by atoms with Crippen LogP contribution in [0.1, 0.15) is 37.7 Å². The third-order valence-corrected chi connectivity index (χ3v) is 3.89. The van der Waals surface area contributed by atoms with E-state index in [2.05, 4.69) is 15.9 Å². The second kappa shape index (κ2) is 6.32. The van der Waals surface area contributed by atoms with Gasteiger partial charge in [-0.25, -0.2) is 4.39 Å². The summed E-state index contributed by atoms with van der Waals surface area (Å²) in [6, 6.07) is 4.93. The van der Waals surface area contributed by atoms with Gasteiger partial charge in [0.05, 0.1) is 4.47 Å². The Morgan fingerprint density at radius 1 is 1.22 bits per heavy atom. The molecule has 1 aliphatic heterocycles. The van der Waals surface area contributed by atoms with Crippen molar-refractivity contribution in [1.82, 2.24) is 4.90 Å². The number of likely N-dealkylation sites (tertiary alicyclic amines) is 1. The van der Waals surface area contributed by atoms with Crippen molar-refractivity contribution in [1.29, 1.82) is 0 Å². The Labute approximate surface area is 115 Å². The summed E-state index contributed by atoms with van der Waals surface area (Å²) in [5.41, 5.74) is 0.970. The molecule has 98 valence electrons. The van der Waals surface area contributed by atoms with E-state index in [9.17, 15) is 9.18 Å². The molecule has 1 fully saturated rings. The molecule has 0 spiro atoms. The quantitative estimate of drug-likeness (QED) is 0.811. The first-order valence-electron chi connectivity index (χ1n) is 6.38. The Kier molecular flexibility index (Phi) is 4.75. The van der Waals surface area contributed by atoms with Gasteiger partial charge in [-0.1, -0.05) is 18.9 Å². The third kappa shape index (κ3) is 3.55. The molecule has 0 saturated carbocycles. The summed E-state index contributed by atoms with van der Waals surface area (Å²) in [7, 11) is 0. The van der Waals surface area contributed by atoms with Crippen LogP contribution in [0.25, 0.3) is 0 Å². The van der Waals surface area contributed by atoms with Gasteiger partial charge in [0.1, 0.15) is 5.82 Å². The number of nitrogens with zero attached hydrogens (tertiary/aromatic N) is 1. The van der Waals surface area contributed by atoms with Gasteiger partial charge in [0, 0.05) is 19.5 Å². The number of carbonyl (C=O) groups is 1. The van der Waals surface area contributed by atoms with Crippen molar-refractivity contribution in [2.75, 3.05) is 6.54 Å². The van der Waals surface area contributed by atoms with Crippen LogP contribution in [-0.4, -0.2) is 17.4 Å². The fraction of sp³-hybridized carbons (Fsp3) is 0.500. The average molecular weight is 314 g/mol. The van der Waals surface area contributed by atoms with Gasteiger partial charge in [-0.15, -0.1) is 0 Å². The standard InChI is InChI=1S/C14H17BrFNO/c15-12-9-11(6-7-13(12)16)10-17-8-4-2-1-3-5-14(17)18/h6-7,9H,1-5,8,10H2. The van der Waals surface area contributed by atoms with Crippen molar-refractivity contribution in [2.24, 2.45) is 0 Å². The summed E-state index contributed by atoms with van der Waals surface area (Å²) in [5, 5.41) is 0. The molecule has 1 heterocycles. The van der Waals surface area contributed by atoms with Crippen molar-refractivity contribution < 1.29 is 9.18 Å². The highest BCUT2D eigenvalue weighted by Gasteiger charge is 2.16. The summed E-state index contributed by atoms with van der Waals surface area (Å²) < 4.78 is 13.6. The molecule has 0 aliphatic carbocycles. The van der Waals surface area contributed by atoms with Gasteiger partial charge in [-0.2, -0.15) is 0 Å². The Hall–Kier alpha value is -0.900. The first kappa shape index (κ1) is 13.5. The minimum atomic E-state index is -0.266. The van der Waals surface area contributed by atoms with Gasteiger partial charge in [0.25, 0.3) is 0 Å². The summed E-state index contributed by atoms with van der Waals surface area (Å²) in [6.45, 7) is 1.39. The fourth-order valence-corrected chi connectivity index (χ4v) is 2.67. The zero-order valence-electron chi connectivity index (χ0n) is 10.3. The van der Waals surface area contributed by atoms with Crippen molar-refractivity contribution >= 4 is 21.8 Å². The highest BCUT2D eigenvalue weighted by molar-refractivity contribution is 9.10. The second-order valence-electron chi connectivity index (χ2n) is 4.73. The lowest BCUT2D eigenvalue weighted by Gasteiger charge is -2.25. The Morgan fingerprint density at radius 3 is 2.78 bits per heavy atom. The van der Waals surface area contributed by atoms with Crippen LogP contribution in [0.4, 0.5) is 4.39 Å². The molecule has 1 aliphatic rings. The minimum Gasteiger partial charge on any atom is -0.338 e. The Balaban J connectivity index is 2.05. The molecule has 1 aromatic carbocycles. The first-order valence-corrected chi connectivity index (χ1v) is 7.18. The van der Waals surface area contributed by atoms with Crippen molar-refractivity contribution in [2.45, 2.75) is 38.6 Å². The SMILES string of the molecule is O=C1CCCCCCN1Cc1ccc(F)c(Br)c1. The molecule has 0 aromatic heterocycles. The maximum absolute atomic E-state index is 13.1. The van der Waals surface area contributed by atoms with Crippen LogP contribution in [0.5, 0.6) is 0 Å². The number of carbonyl (C=O) groups excluding carboxylic acids is 1. The number of hydrogen-bond donors (Lipinski definition) is 0. The fourth-order valence-electron chi connectivity index (χ4n) is 2.24. The van der Waals surface area contributed by atoms with E-state index in [0.29, 0.717) is 17.4 Å². The average Bonchev–Trinajstić information content (AvgIpc) is 2.33. The van der Waals surface area contributed by atoms with Crippen molar-refractivity contribution in [3.63, 3.8) is 0 Å². The van der Waals surface area contributed by atoms with Crippen LogP contribution in [0.15, 0.2) is 22.7 Å². The molecule has 1 aromatic rings. The molecule has 0 bridgehead atoms. The van der Waals surface area contributed by atoms with E-state index in [-0.39, 0.29) is 11.7 Å². The van der Waals surface area contributed by atoms with Gasteiger partial charge >= 0.3 is 0 Å². The van der Waals surface area contributed by atoms with Crippen LogP contribution in [0, 0.1) is 5.82 Å². The predicted octanol–water partition coefficient (Wildman–Crippen LogP) is 3.88. The maximum Gasteiger partial charge on any atom is 0.222 e. The molecule has 2 rings (SSSR count). The molecule has 0 unspecified atom stereocenters.